The summed E-state index contributed by atoms with van der Waals surface area (Å²) >= 11 is 0. The second kappa shape index (κ2) is 9.07. The number of hydrogen-bond donors (Lipinski definition) is 1. The van der Waals surface area contributed by atoms with Gasteiger partial charge in [-0.2, -0.15) is 5.10 Å². The third kappa shape index (κ3) is 6.04. The number of carbonyl (C=O) groups is 1. The fourth-order valence-electron chi connectivity index (χ4n) is 3.06. The lowest BCUT2D eigenvalue weighted by atomic mass is 9.88. The number of rotatable bonds is 6. The predicted octanol–water partition coefficient (Wildman–Crippen LogP) is 4.47. The maximum Gasteiger partial charge on any atom is 0.291 e. The molecule has 1 saturated carbocycles. The third-order valence-corrected chi connectivity index (χ3v) is 4.60. The smallest absolute Gasteiger partial charge is 0.291 e. The number of amides is 1. The van der Waals surface area contributed by atoms with Crippen molar-refractivity contribution < 1.29 is 18.3 Å². The molecule has 0 unspecified atom stereocenters. The molecule has 0 spiro atoms. The van der Waals surface area contributed by atoms with Crippen molar-refractivity contribution in [3.05, 3.63) is 42.4 Å². The highest BCUT2D eigenvalue weighted by Gasteiger charge is 2.34. The second-order valence-electron chi connectivity index (χ2n) is 7.39. The summed E-state index contributed by atoms with van der Waals surface area (Å²) in [6.07, 6.45) is 4.96. The first-order valence-corrected chi connectivity index (χ1v) is 9.63. The van der Waals surface area contributed by atoms with E-state index in [-0.39, 0.29) is 30.6 Å². The van der Waals surface area contributed by atoms with Gasteiger partial charge < -0.3 is 4.74 Å². The monoisotopic (exact) mass is 402 g/mol. The number of benzene rings is 1. The van der Waals surface area contributed by atoms with E-state index >= 15 is 0 Å². The van der Waals surface area contributed by atoms with E-state index in [0.717, 1.165) is 11.3 Å². The molecule has 1 aliphatic carbocycles. The van der Waals surface area contributed by atoms with Gasteiger partial charge in [-0.1, -0.05) is 0 Å². The summed E-state index contributed by atoms with van der Waals surface area (Å²) in [5.74, 6) is -2.39. The lowest BCUT2D eigenvalue weighted by Crippen LogP contribution is -2.26. The molecule has 0 radical (unpaired) electrons. The number of nitrogens with zero attached hydrogens (tertiary/aromatic N) is 3. The van der Waals surface area contributed by atoms with E-state index in [4.69, 9.17) is 4.74 Å². The summed E-state index contributed by atoms with van der Waals surface area (Å²) in [5.41, 5.74) is 3.87. The summed E-state index contributed by atoms with van der Waals surface area (Å²) in [6.45, 7) is 3.90. The number of hydrazone groups is 1. The van der Waals surface area contributed by atoms with E-state index in [1.807, 2.05) is 38.1 Å². The molecule has 0 bridgehead atoms. The molecule has 3 rings (SSSR count). The van der Waals surface area contributed by atoms with Gasteiger partial charge >= 0.3 is 0 Å². The van der Waals surface area contributed by atoms with Crippen LogP contribution in [-0.4, -0.2) is 34.1 Å². The van der Waals surface area contributed by atoms with Crippen molar-refractivity contribution >= 4 is 12.1 Å². The third-order valence-electron chi connectivity index (χ3n) is 4.60. The first kappa shape index (κ1) is 20.8. The van der Waals surface area contributed by atoms with Gasteiger partial charge in [-0.3, -0.25) is 9.78 Å². The van der Waals surface area contributed by atoms with E-state index in [0.29, 0.717) is 18.5 Å². The van der Waals surface area contributed by atoms with Crippen LogP contribution in [0.15, 0.2) is 41.8 Å². The number of carbonyl (C=O) groups excluding carboxylic acids is 1. The van der Waals surface area contributed by atoms with Crippen LogP contribution in [0, 0.1) is 5.92 Å². The topological polar surface area (TPSA) is 76.5 Å². The van der Waals surface area contributed by atoms with Crippen molar-refractivity contribution in [1.82, 2.24) is 15.4 Å². The average Bonchev–Trinajstić information content (AvgIpc) is 2.69. The normalized spacial score (nSPS) is 16.9. The summed E-state index contributed by atoms with van der Waals surface area (Å²) in [4.78, 5) is 20.7. The fraction of sp³-hybridized carbons (Fsp3) is 0.429. The van der Waals surface area contributed by atoms with Gasteiger partial charge in [0.2, 0.25) is 5.92 Å². The minimum atomic E-state index is -2.58. The molecular formula is C21H24F2N4O2. The fourth-order valence-corrected chi connectivity index (χ4v) is 3.06. The van der Waals surface area contributed by atoms with Gasteiger partial charge in [-0.15, -0.1) is 0 Å². The number of ether oxygens (including phenoxy) is 1. The van der Waals surface area contributed by atoms with E-state index in [1.165, 1.54) is 12.4 Å². The van der Waals surface area contributed by atoms with Gasteiger partial charge in [-0.05, 0) is 56.9 Å². The Balaban J connectivity index is 1.60. The number of aromatic nitrogens is 2. The quantitative estimate of drug-likeness (QED) is 0.571. The molecule has 154 valence electrons. The average molecular weight is 402 g/mol. The van der Waals surface area contributed by atoms with Gasteiger partial charge in [0.25, 0.3) is 5.91 Å². The minimum absolute atomic E-state index is 0.0566. The Labute approximate surface area is 168 Å². The highest BCUT2D eigenvalue weighted by atomic mass is 19.3. The Morgan fingerprint density at radius 3 is 2.59 bits per heavy atom. The first-order valence-electron chi connectivity index (χ1n) is 9.63. The number of halogens is 2. The van der Waals surface area contributed by atoms with Crippen LogP contribution >= 0.6 is 0 Å². The summed E-state index contributed by atoms with van der Waals surface area (Å²) in [5, 5.41) is 3.91. The van der Waals surface area contributed by atoms with Crippen LogP contribution in [0.3, 0.4) is 0 Å². The highest BCUT2D eigenvalue weighted by Crippen LogP contribution is 2.35. The van der Waals surface area contributed by atoms with E-state index in [9.17, 15) is 13.6 Å². The molecule has 0 aliphatic heterocycles. The Hall–Kier alpha value is -2.90. The van der Waals surface area contributed by atoms with Crippen molar-refractivity contribution in [3.63, 3.8) is 0 Å². The molecule has 6 nitrogen and oxygen atoms in total. The molecule has 1 aromatic carbocycles. The Bertz CT molecular complexity index is 859. The van der Waals surface area contributed by atoms with Crippen LogP contribution < -0.4 is 10.2 Å². The molecular weight excluding hydrogens is 378 g/mol. The maximum absolute atomic E-state index is 13.2. The SMILES string of the molecule is CC(C)Oc1ccc(-c2cncc(C(=O)N/N=C/C3CCC(F)(F)CC3)n2)cc1. The molecule has 0 saturated heterocycles. The Kier molecular flexibility index (Phi) is 6.51. The molecule has 1 heterocycles. The van der Waals surface area contributed by atoms with Crippen LogP contribution in [-0.2, 0) is 0 Å². The number of alkyl halides is 2. The lowest BCUT2D eigenvalue weighted by Gasteiger charge is -2.25. The molecule has 1 aromatic heterocycles. The molecule has 8 heteroatoms. The van der Waals surface area contributed by atoms with Crippen LogP contribution in [0.4, 0.5) is 8.78 Å². The van der Waals surface area contributed by atoms with Crippen molar-refractivity contribution in [2.24, 2.45) is 11.0 Å². The molecule has 1 aliphatic rings. The highest BCUT2D eigenvalue weighted by molar-refractivity contribution is 5.92. The zero-order valence-corrected chi connectivity index (χ0v) is 16.4. The maximum atomic E-state index is 13.2. The van der Waals surface area contributed by atoms with Crippen molar-refractivity contribution in [2.75, 3.05) is 0 Å². The molecule has 1 N–H and O–H groups in total. The van der Waals surface area contributed by atoms with Crippen LogP contribution in [0.5, 0.6) is 5.75 Å². The first-order chi connectivity index (χ1) is 13.8. The van der Waals surface area contributed by atoms with Crippen LogP contribution in [0.25, 0.3) is 11.3 Å². The summed E-state index contributed by atoms with van der Waals surface area (Å²) < 4.78 is 32.0. The van der Waals surface area contributed by atoms with Crippen molar-refractivity contribution in [2.45, 2.75) is 51.6 Å². The van der Waals surface area contributed by atoms with Gasteiger partial charge in [0.1, 0.15) is 11.4 Å². The predicted molar refractivity (Wildman–Crippen MR) is 106 cm³/mol. The minimum Gasteiger partial charge on any atom is -0.491 e. The van der Waals surface area contributed by atoms with E-state index in [2.05, 4.69) is 20.5 Å². The Morgan fingerprint density at radius 1 is 1.24 bits per heavy atom. The molecule has 29 heavy (non-hydrogen) atoms. The number of nitrogens with one attached hydrogen (secondary N) is 1. The van der Waals surface area contributed by atoms with Gasteiger partial charge in [0, 0.05) is 24.6 Å². The van der Waals surface area contributed by atoms with Gasteiger partial charge in [0.05, 0.1) is 24.2 Å². The Morgan fingerprint density at radius 2 is 1.93 bits per heavy atom. The standard InChI is InChI=1S/C21H24F2N4O2/c1-14(2)29-17-5-3-16(4-6-17)18-12-24-13-19(26-18)20(28)27-25-11-15-7-9-21(22,23)10-8-15/h3-6,11-15H,7-10H2,1-2H3,(H,27,28)/b25-11+. The van der Waals surface area contributed by atoms with Crippen LogP contribution in [0.1, 0.15) is 50.0 Å². The molecule has 1 amide bonds. The lowest BCUT2D eigenvalue weighted by molar-refractivity contribution is -0.0390. The van der Waals surface area contributed by atoms with Crippen LogP contribution in [0.2, 0.25) is 0 Å². The summed E-state index contributed by atoms with van der Waals surface area (Å²) in [7, 11) is 0. The van der Waals surface area contributed by atoms with E-state index in [1.54, 1.807) is 6.20 Å². The van der Waals surface area contributed by atoms with E-state index < -0.39 is 11.8 Å². The second-order valence-corrected chi connectivity index (χ2v) is 7.39. The largest absolute Gasteiger partial charge is 0.491 e. The van der Waals surface area contributed by atoms with Crippen molar-refractivity contribution in [1.29, 1.82) is 0 Å². The van der Waals surface area contributed by atoms with Crippen molar-refractivity contribution in [3.8, 4) is 17.0 Å². The molecule has 0 atom stereocenters. The zero-order chi connectivity index (χ0) is 20.9. The van der Waals surface area contributed by atoms with Gasteiger partial charge in [-0.25, -0.2) is 19.2 Å². The number of hydrogen-bond acceptors (Lipinski definition) is 5. The molecule has 1 fully saturated rings. The molecule has 2 aromatic rings. The summed E-state index contributed by atoms with van der Waals surface area (Å²) in [6, 6.07) is 7.37. The van der Waals surface area contributed by atoms with Gasteiger partial charge in [0.15, 0.2) is 0 Å². The zero-order valence-electron chi connectivity index (χ0n) is 16.4.